The molecule has 30 heavy (non-hydrogen) atoms. The highest BCUT2D eigenvalue weighted by atomic mass is 32.1. The van der Waals surface area contributed by atoms with Gasteiger partial charge in [-0.05, 0) is 59.0 Å². The minimum atomic E-state index is -0.0400. The van der Waals surface area contributed by atoms with Crippen LogP contribution in [-0.2, 0) is 11.8 Å². The minimum absolute atomic E-state index is 0.0400. The zero-order chi connectivity index (χ0) is 21.3. The minimum Gasteiger partial charge on any atom is -0.321 e. The van der Waals surface area contributed by atoms with Crippen molar-refractivity contribution in [3.05, 3.63) is 99.9 Å². The summed E-state index contributed by atoms with van der Waals surface area (Å²) in [6.45, 7) is 8.66. The van der Waals surface area contributed by atoms with Crippen molar-refractivity contribution >= 4 is 33.0 Å². The quantitative estimate of drug-likeness (QED) is 0.372. The van der Waals surface area contributed by atoms with Crippen LogP contribution in [0.2, 0.25) is 0 Å². The van der Waals surface area contributed by atoms with Gasteiger partial charge in [-0.15, -0.1) is 11.3 Å². The summed E-state index contributed by atoms with van der Waals surface area (Å²) in [5.74, 6) is -0.0400. The normalized spacial score (nSPS) is 11.6. The Labute approximate surface area is 182 Å². The molecule has 3 aromatic carbocycles. The summed E-state index contributed by atoms with van der Waals surface area (Å²) < 4.78 is 1.15. The maximum atomic E-state index is 13.2. The van der Waals surface area contributed by atoms with Crippen molar-refractivity contribution in [3.8, 4) is 0 Å². The third-order valence-electron chi connectivity index (χ3n) is 5.41. The maximum Gasteiger partial charge on any atom is 0.266 e. The van der Waals surface area contributed by atoms with E-state index in [1.165, 1.54) is 16.7 Å². The van der Waals surface area contributed by atoms with Gasteiger partial charge in [-0.1, -0.05) is 80.9 Å². The third-order valence-corrected chi connectivity index (χ3v) is 6.63. The average molecular weight is 414 g/mol. The number of hydrogen-bond donors (Lipinski definition) is 1. The molecule has 0 spiro atoms. The van der Waals surface area contributed by atoms with Crippen LogP contribution in [0.3, 0.4) is 0 Å². The molecule has 0 fully saturated rings. The van der Waals surface area contributed by atoms with E-state index in [0.29, 0.717) is 0 Å². The Balaban J connectivity index is 1.65. The van der Waals surface area contributed by atoms with Crippen LogP contribution in [-0.4, -0.2) is 5.91 Å². The van der Waals surface area contributed by atoms with E-state index in [4.69, 9.17) is 0 Å². The van der Waals surface area contributed by atoms with E-state index in [9.17, 15) is 4.79 Å². The summed E-state index contributed by atoms with van der Waals surface area (Å²) in [5, 5.41) is 4.27. The molecule has 3 heteroatoms. The molecule has 0 atom stereocenters. The first-order chi connectivity index (χ1) is 14.3. The fraction of sp³-hybridized carbons (Fsp3) is 0.222. The van der Waals surface area contributed by atoms with E-state index in [0.717, 1.165) is 32.6 Å². The highest BCUT2D eigenvalue weighted by Crippen LogP contribution is 2.34. The number of rotatable bonds is 4. The molecule has 0 aliphatic rings. The second-order valence-corrected chi connectivity index (χ2v) is 9.90. The number of fused-ring (bicyclic) bond motifs is 1. The number of nitrogens with one attached hydrogen (secondary N) is 1. The molecule has 0 saturated carbocycles. The average Bonchev–Trinajstić information content (AvgIpc) is 3.08. The van der Waals surface area contributed by atoms with E-state index in [1.807, 2.05) is 24.3 Å². The maximum absolute atomic E-state index is 13.2. The van der Waals surface area contributed by atoms with E-state index in [1.54, 1.807) is 11.3 Å². The molecule has 0 aliphatic heterocycles. The summed E-state index contributed by atoms with van der Waals surface area (Å²) in [6, 6.07) is 25.0. The molecule has 0 aliphatic carbocycles. The Kier molecular flexibility index (Phi) is 5.48. The van der Waals surface area contributed by atoms with Crippen LogP contribution in [0.1, 0.15) is 52.7 Å². The van der Waals surface area contributed by atoms with Crippen LogP contribution < -0.4 is 5.32 Å². The predicted molar refractivity (Wildman–Crippen MR) is 129 cm³/mol. The molecular weight excluding hydrogens is 386 g/mol. The van der Waals surface area contributed by atoms with Crippen LogP contribution in [0.25, 0.3) is 10.1 Å². The van der Waals surface area contributed by atoms with Gasteiger partial charge in [0.1, 0.15) is 0 Å². The second-order valence-electron chi connectivity index (χ2n) is 8.85. The third kappa shape index (κ3) is 4.31. The lowest BCUT2D eigenvalue weighted by Gasteiger charge is -2.19. The molecule has 2 nitrogen and oxygen atoms in total. The first-order valence-electron chi connectivity index (χ1n) is 10.3. The van der Waals surface area contributed by atoms with Crippen molar-refractivity contribution in [2.75, 3.05) is 5.32 Å². The molecule has 1 heterocycles. The Morgan fingerprint density at radius 1 is 0.900 bits per heavy atom. The number of thiophene rings is 1. The number of benzene rings is 3. The van der Waals surface area contributed by atoms with E-state index in [-0.39, 0.29) is 11.3 Å². The molecule has 0 radical (unpaired) electrons. The highest BCUT2D eigenvalue weighted by Gasteiger charge is 2.19. The molecule has 4 aromatic rings. The van der Waals surface area contributed by atoms with Gasteiger partial charge in [0.2, 0.25) is 0 Å². The molecule has 0 saturated heterocycles. The Morgan fingerprint density at radius 2 is 1.57 bits per heavy atom. The molecule has 1 aromatic heterocycles. The van der Waals surface area contributed by atoms with E-state index >= 15 is 0 Å². The Hall–Kier alpha value is -2.91. The molecule has 152 valence electrons. The lowest BCUT2D eigenvalue weighted by atomic mass is 9.87. The van der Waals surface area contributed by atoms with Crippen molar-refractivity contribution in [2.45, 2.75) is 39.5 Å². The van der Waals surface area contributed by atoms with Gasteiger partial charge in [0.05, 0.1) is 4.88 Å². The number of carbonyl (C=O) groups excluding carboxylic acids is 1. The largest absolute Gasteiger partial charge is 0.321 e. The number of hydrogen-bond acceptors (Lipinski definition) is 2. The van der Waals surface area contributed by atoms with Gasteiger partial charge in [-0.3, -0.25) is 4.79 Å². The number of amides is 1. The van der Waals surface area contributed by atoms with E-state index < -0.39 is 0 Å². The van der Waals surface area contributed by atoms with Crippen LogP contribution >= 0.6 is 11.3 Å². The molecule has 0 unspecified atom stereocenters. The van der Waals surface area contributed by atoms with Gasteiger partial charge in [-0.25, -0.2) is 0 Å². The van der Waals surface area contributed by atoms with Gasteiger partial charge < -0.3 is 5.32 Å². The van der Waals surface area contributed by atoms with Crippen molar-refractivity contribution in [1.29, 1.82) is 0 Å². The zero-order valence-corrected chi connectivity index (χ0v) is 18.8. The van der Waals surface area contributed by atoms with Gasteiger partial charge in [0.25, 0.3) is 5.91 Å². The highest BCUT2D eigenvalue weighted by molar-refractivity contribution is 7.21. The summed E-state index contributed by atoms with van der Waals surface area (Å²) in [7, 11) is 0. The van der Waals surface area contributed by atoms with Gasteiger partial charge in [0.15, 0.2) is 0 Å². The van der Waals surface area contributed by atoms with Crippen molar-refractivity contribution in [2.24, 2.45) is 0 Å². The summed E-state index contributed by atoms with van der Waals surface area (Å²) in [5.41, 5.74) is 5.73. The van der Waals surface area contributed by atoms with Crippen LogP contribution in [0.5, 0.6) is 0 Å². The van der Waals surface area contributed by atoms with Gasteiger partial charge in [-0.2, -0.15) is 0 Å². The first kappa shape index (κ1) is 20.4. The SMILES string of the molecule is Cc1ccc(Cc2c(C(=O)Nc3ccc(C(C)(C)C)cc3)sc3ccccc23)cc1. The topological polar surface area (TPSA) is 29.1 Å². The molecule has 4 rings (SSSR count). The molecule has 0 bridgehead atoms. The zero-order valence-electron chi connectivity index (χ0n) is 18.0. The Morgan fingerprint density at radius 3 is 2.23 bits per heavy atom. The first-order valence-corrected chi connectivity index (χ1v) is 11.1. The standard InChI is InChI=1S/C27H27NOS/c1-18-9-11-19(12-10-18)17-23-22-7-5-6-8-24(22)30-25(23)26(29)28-21-15-13-20(14-16-21)27(2,3)4/h5-16H,17H2,1-4H3,(H,28,29). The summed E-state index contributed by atoms with van der Waals surface area (Å²) >= 11 is 1.57. The van der Waals surface area contributed by atoms with Crippen molar-refractivity contribution in [3.63, 3.8) is 0 Å². The van der Waals surface area contributed by atoms with Crippen molar-refractivity contribution in [1.82, 2.24) is 0 Å². The fourth-order valence-corrected chi connectivity index (χ4v) is 4.73. The van der Waals surface area contributed by atoms with E-state index in [2.05, 4.69) is 81.5 Å². The van der Waals surface area contributed by atoms with Gasteiger partial charge >= 0.3 is 0 Å². The molecule has 1 amide bonds. The Bertz CT molecular complexity index is 1180. The van der Waals surface area contributed by atoms with Crippen LogP contribution in [0.4, 0.5) is 5.69 Å². The van der Waals surface area contributed by atoms with Crippen LogP contribution in [0, 0.1) is 6.92 Å². The second kappa shape index (κ2) is 8.08. The molecular formula is C27H27NOS. The number of anilines is 1. The fourth-order valence-electron chi connectivity index (χ4n) is 3.61. The number of carbonyl (C=O) groups is 1. The summed E-state index contributed by atoms with van der Waals surface area (Å²) in [4.78, 5) is 14.0. The lowest BCUT2D eigenvalue weighted by molar-refractivity contribution is 0.103. The predicted octanol–water partition coefficient (Wildman–Crippen LogP) is 7.35. The van der Waals surface area contributed by atoms with Gasteiger partial charge in [0, 0.05) is 10.4 Å². The lowest BCUT2D eigenvalue weighted by Crippen LogP contribution is -2.14. The van der Waals surface area contributed by atoms with Crippen LogP contribution in [0.15, 0.2) is 72.8 Å². The number of aryl methyl sites for hydroxylation is 1. The van der Waals surface area contributed by atoms with Crippen molar-refractivity contribution < 1.29 is 4.79 Å². The monoisotopic (exact) mass is 413 g/mol. The molecule has 1 N–H and O–H groups in total. The smallest absolute Gasteiger partial charge is 0.266 e. The summed E-state index contributed by atoms with van der Waals surface area (Å²) in [6.07, 6.45) is 0.746.